The fraction of sp³-hybridized carbons (Fsp3) is 0.261. The predicted molar refractivity (Wildman–Crippen MR) is 206 cm³/mol. The smallest absolute Gasteiger partial charge is 0.0163 e. The molecule has 49 heavy (non-hydrogen) atoms. The zero-order chi connectivity index (χ0) is 34.3. The summed E-state index contributed by atoms with van der Waals surface area (Å²) in [5.41, 5.74) is 8.30. The van der Waals surface area contributed by atoms with E-state index >= 15 is 0 Å². The maximum absolute atomic E-state index is 4.73. The molecule has 0 aliphatic heterocycles. The maximum Gasteiger partial charge on any atom is 0.0163 e. The molecule has 0 amide bonds. The Morgan fingerprint density at radius 1 is 0.429 bits per heavy atom. The van der Waals surface area contributed by atoms with E-state index in [1.165, 1.54) is 49.0 Å². The summed E-state index contributed by atoms with van der Waals surface area (Å²) in [4.78, 5) is 8.94. The van der Waals surface area contributed by atoms with Crippen LogP contribution < -0.4 is 0 Å². The molecule has 0 saturated heterocycles. The third kappa shape index (κ3) is 7.85. The summed E-state index contributed by atoms with van der Waals surface area (Å²) in [5, 5.41) is 7.74. The molecular formula is C46H46IrN2-2. The molecule has 7 aromatic rings. The molecule has 251 valence electrons. The minimum atomic E-state index is 0. The number of hydrogen-bond donors (Lipinski definition) is 0. The zero-order valence-corrected chi connectivity index (χ0v) is 32.6. The Hall–Kier alpha value is -4.17. The normalized spacial score (nSPS) is 12.0. The van der Waals surface area contributed by atoms with Crippen molar-refractivity contribution in [3.8, 4) is 22.5 Å². The van der Waals surface area contributed by atoms with Crippen molar-refractivity contribution in [2.45, 2.75) is 78.6 Å². The van der Waals surface area contributed by atoms with E-state index in [4.69, 9.17) is 4.98 Å². The molecule has 0 unspecified atom stereocenters. The summed E-state index contributed by atoms with van der Waals surface area (Å²) >= 11 is 0. The second kappa shape index (κ2) is 14.0. The number of hydrogen-bond acceptors (Lipinski definition) is 2. The van der Waals surface area contributed by atoms with Crippen LogP contribution in [0.15, 0.2) is 116 Å². The van der Waals surface area contributed by atoms with Gasteiger partial charge in [0, 0.05) is 32.5 Å². The summed E-state index contributed by atoms with van der Waals surface area (Å²) in [6.45, 7) is 20.5. The van der Waals surface area contributed by atoms with Crippen molar-refractivity contribution < 1.29 is 20.1 Å². The van der Waals surface area contributed by atoms with Gasteiger partial charge in [-0.05, 0) is 72.6 Å². The fourth-order valence-corrected chi connectivity index (χ4v) is 6.14. The standard InChI is InChI=1S/C35H38N.C11H8N.Ir/c1-33(2,3)23-11-14-27-26-13-10-22(32-21-25(16-17-36-32)35(7,8)9)18-29(26)28-15-12-24(34(4,5)6)20-31(28)30(27)19-23;1-2-6-10(7-3-1)11-8-4-5-9-12-11;/h11-21H,1-9H3;1-6,8-9H;/q2*-1;. The molecule has 2 aromatic heterocycles. The first-order valence-corrected chi connectivity index (χ1v) is 16.9. The third-order valence-corrected chi connectivity index (χ3v) is 9.14. The number of pyridine rings is 2. The maximum atomic E-state index is 4.73. The third-order valence-electron chi connectivity index (χ3n) is 9.14. The first-order valence-electron chi connectivity index (χ1n) is 16.9. The Labute approximate surface area is 306 Å². The van der Waals surface area contributed by atoms with Gasteiger partial charge in [0.05, 0.1) is 0 Å². The van der Waals surface area contributed by atoms with Crippen LogP contribution in [0.1, 0.15) is 79.0 Å². The number of benzene rings is 5. The molecule has 0 fully saturated rings. The zero-order valence-electron chi connectivity index (χ0n) is 30.2. The van der Waals surface area contributed by atoms with Gasteiger partial charge in [-0.3, -0.25) is 0 Å². The van der Waals surface area contributed by atoms with Crippen molar-refractivity contribution in [3.05, 3.63) is 144 Å². The van der Waals surface area contributed by atoms with Gasteiger partial charge in [-0.15, -0.1) is 59.7 Å². The van der Waals surface area contributed by atoms with E-state index in [-0.39, 0.29) is 36.4 Å². The average molecular weight is 819 g/mol. The first kappa shape index (κ1) is 36.1. The van der Waals surface area contributed by atoms with Gasteiger partial charge in [0.25, 0.3) is 0 Å². The SMILES string of the molecule is CC(C)(C)c1ccnc(-c2[c-]cc3c4ccc(C(C)(C)C)cc4c4cc(C(C)(C)C)ccc4c3c2)c1.[Ir].[c-]1ccccc1-c1ccccn1. The van der Waals surface area contributed by atoms with Crippen LogP contribution in [0.4, 0.5) is 0 Å². The predicted octanol–water partition coefficient (Wildman–Crippen LogP) is 12.4. The molecule has 3 heteroatoms. The molecule has 2 nitrogen and oxygen atoms in total. The minimum Gasteiger partial charge on any atom is -0.305 e. The van der Waals surface area contributed by atoms with E-state index in [2.05, 4.69) is 140 Å². The number of aromatic nitrogens is 2. The van der Waals surface area contributed by atoms with Crippen molar-refractivity contribution in [3.63, 3.8) is 0 Å². The second-order valence-electron chi connectivity index (χ2n) is 15.9. The van der Waals surface area contributed by atoms with E-state index in [0.29, 0.717) is 0 Å². The molecule has 5 aromatic carbocycles. The van der Waals surface area contributed by atoms with Crippen LogP contribution >= 0.6 is 0 Å². The van der Waals surface area contributed by atoms with E-state index in [1.807, 2.05) is 48.7 Å². The molecular weight excluding hydrogens is 773 g/mol. The van der Waals surface area contributed by atoms with Gasteiger partial charge in [-0.1, -0.05) is 133 Å². The van der Waals surface area contributed by atoms with Crippen LogP contribution in [-0.4, -0.2) is 9.97 Å². The van der Waals surface area contributed by atoms with Crippen LogP contribution in [0.25, 0.3) is 54.8 Å². The topological polar surface area (TPSA) is 25.8 Å². The van der Waals surface area contributed by atoms with Crippen LogP contribution in [0.2, 0.25) is 0 Å². The van der Waals surface area contributed by atoms with E-state index in [1.54, 1.807) is 6.20 Å². The Kier molecular flexibility index (Phi) is 10.3. The van der Waals surface area contributed by atoms with Crippen molar-refractivity contribution in [2.75, 3.05) is 0 Å². The van der Waals surface area contributed by atoms with E-state index < -0.39 is 0 Å². The minimum absolute atomic E-state index is 0. The average Bonchev–Trinajstić information content (AvgIpc) is 3.07. The summed E-state index contributed by atoms with van der Waals surface area (Å²) < 4.78 is 0. The Morgan fingerprint density at radius 2 is 0.980 bits per heavy atom. The molecule has 0 atom stereocenters. The van der Waals surface area contributed by atoms with Crippen molar-refractivity contribution in [2.24, 2.45) is 0 Å². The summed E-state index contributed by atoms with van der Waals surface area (Å²) in [6.07, 6.45) is 3.71. The monoisotopic (exact) mass is 819 g/mol. The van der Waals surface area contributed by atoms with Crippen molar-refractivity contribution in [1.29, 1.82) is 0 Å². The molecule has 0 aliphatic rings. The van der Waals surface area contributed by atoms with Crippen molar-refractivity contribution in [1.82, 2.24) is 9.97 Å². The van der Waals surface area contributed by atoms with E-state index in [9.17, 15) is 0 Å². The van der Waals surface area contributed by atoms with Gasteiger partial charge < -0.3 is 9.97 Å². The molecule has 0 spiro atoms. The summed E-state index contributed by atoms with van der Waals surface area (Å²) in [7, 11) is 0. The van der Waals surface area contributed by atoms with Gasteiger partial charge in [0.2, 0.25) is 0 Å². The van der Waals surface area contributed by atoms with Crippen molar-refractivity contribution >= 4 is 32.3 Å². The Morgan fingerprint density at radius 3 is 1.53 bits per heavy atom. The van der Waals surface area contributed by atoms with Gasteiger partial charge in [-0.2, -0.15) is 0 Å². The molecule has 7 rings (SSSR count). The number of nitrogens with zero attached hydrogens (tertiary/aromatic N) is 2. The molecule has 0 aliphatic carbocycles. The number of rotatable bonds is 2. The molecule has 0 N–H and O–H groups in total. The molecule has 0 saturated carbocycles. The first-order chi connectivity index (χ1) is 22.7. The van der Waals surface area contributed by atoms with Crippen LogP contribution in [-0.2, 0) is 36.4 Å². The quantitative estimate of drug-likeness (QED) is 0.128. The largest absolute Gasteiger partial charge is 0.305 e. The Bertz CT molecular complexity index is 2180. The van der Waals surface area contributed by atoms with Crippen LogP contribution in [0, 0.1) is 12.1 Å². The number of fused-ring (bicyclic) bond motifs is 6. The summed E-state index contributed by atoms with van der Waals surface area (Å²) in [5.74, 6) is 0. The van der Waals surface area contributed by atoms with Crippen LogP contribution in [0.5, 0.6) is 0 Å². The fourth-order valence-electron chi connectivity index (χ4n) is 6.14. The van der Waals surface area contributed by atoms with Crippen LogP contribution in [0.3, 0.4) is 0 Å². The molecule has 1 radical (unpaired) electrons. The second-order valence-corrected chi connectivity index (χ2v) is 15.9. The van der Waals surface area contributed by atoms with E-state index in [0.717, 1.165) is 22.5 Å². The van der Waals surface area contributed by atoms with Gasteiger partial charge in [-0.25, -0.2) is 0 Å². The molecule has 2 heterocycles. The Balaban J connectivity index is 0.000000303. The molecule has 0 bridgehead atoms. The van der Waals surface area contributed by atoms with Gasteiger partial charge in [0.1, 0.15) is 0 Å². The van der Waals surface area contributed by atoms with Gasteiger partial charge in [0.15, 0.2) is 0 Å². The van der Waals surface area contributed by atoms with Gasteiger partial charge >= 0.3 is 0 Å². The summed E-state index contributed by atoms with van der Waals surface area (Å²) in [6, 6.07) is 43.3.